The van der Waals surface area contributed by atoms with E-state index in [1.165, 1.54) is 12.1 Å². The number of ether oxygens (including phenoxy) is 1. The van der Waals surface area contributed by atoms with E-state index >= 15 is 0 Å². The van der Waals surface area contributed by atoms with Gasteiger partial charge in [-0.25, -0.2) is 14.2 Å². The number of nitrogens with zero attached hydrogens (tertiary/aromatic N) is 1. The van der Waals surface area contributed by atoms with Crippen LogP contribution in [0.5, 0.6) is 5.75 Å². The van der Waals surface area contributed by atoms with Crippen LogP contribution in [0.1, 0.15) is 10.5 Å². The first-order valence-electron chi connectivity index (χ1n) is 5.52. The van der Waals surface area contributed by atoms with E-state index in [1.54, 1.807) is 0 Å². The van der Waals surface area contributed by atoms with Crippen LogP contribution in [0.4, 0.5) is 17.6 Å². The lowest BCUT2D eigenvalue weighted by Gasteiger charge is -2.10. The largest absolute Gasteiger partial charge is 0.573 e. The number of alkyl halides is 3. The van der Waals surface area contributed by atoms with E-state index in [4.69, 9.17) is 5.11 Å². The number of aromatic nitrogens is 1. The van der Waals surface area contributed by atoms with E-state index in [2.05, 4.69) is 9.72 Å². The fraction of sp³-hybridized carbons (Fsp3) is 0.0769. The minimum atomic E-state index is -4.88. The molecular weight excluding hydrogens is 294 g/mol. The summed E-state index contributed by atoms with van der Waals surface area (Å²) in [6, 6.07) is 6.30. The Labute approximate surface area is 115 Å². The van der Waals surface area contributed by atoms with E-state index in [0.29, 0.717) is 0 Å². The zero-order valence-electron chi connectivity index (χ0n) is 10.2. The molecule has 2 rings (SSSR count). The summed E-state index contributed by atoms with van der Waals surface area (Å²) in [4.78, 5) is 14.4. The molecule has 0 amide bonds. The molecule has 0 saturated heterocycles. The van der Waals surface area contributed by atoms with Crippen LogP contribution in [0.2, 0.25) is 0 Å². The molecule has 0 unspecified atom stereocenters. The second-order valence-corrected chi connectivity index (χ2v) is 3.91. The van der Waals surface area contributed by atoms with E-state index in [9.17, 15) is 22.4 Å². The fourth-order valence-corrected chi connectivity index (χ4v) is 1.60. The van der Waals surface area contributed by atoms with Gasteiger partial charge in [-0.2, -0.15) is 0 Å². The lowest BCUT2D eigenvalue weighted by atomic mass is 10.1. The summed E-state index contributed by atoms with van der Waals surface area (Å²) >= 11 is 0. The number of carboxylic acids is 1. The van der Waals surface area contributed by atoms with Gasteiger partial charge < -0.3 is 9.84 Å². The van der Waals surface area contributed by atoms with Crippen LogP contribution in [0.15, 0.2) is 36.4 Å². The Balaban J connectivity index is 2.45. The van der Waals surface area contributed by atoms with Gasteiger partial charge in [0, 0.05) is 5.56 Å². The SMILES string of the molecule is O=C(O)c1ccc(F)c(-c2cccc(OC(F)(F)F)c2)n1. The van der Waals surface area contributed by atoms with Crippen molar-refractivity contribution in [3.63, 3.8) is 0 Å². The third kappa shape index (κ3) is 3.68. The number of rotatable bonds is 3. The number of hydrogen-bond donors (Lipinski definition) is 1. The van der Waals surface area contributed by atoms with E-state index in [1.807, 2.05) is 0 Å². The molecule has 0 spiro atoms. The highest BCUT2D eigenvalue weighted by molar-refractivity contribution is 5.86. The summed E-state index contributed by atoms with van der Waals surface area (Å²) in [5.74, 6) is -2.79. The van der Waals surface area contributed by atoms with Gasteiger partial charge in [0.2, 0.25) is 0 Å². The molecule has 110 valence electrons. The molecule has 21 heavy (non-hydrogen) atoms. The molecule has 8 heteroatoms. The molecule has 4 nitrogen and oxygen atoms in total. The summed E-state index contributed by atoms with van der Waals surface area (Å²) in [6.45, 7) is 0. The van der Waals surface area contributed by atoms with Crippen molar-refractivity contribution in [1.29, 1.82) is 0 Å². The highest BCUT2D eigenvalue weighted by atomic mass is 19.4. The van der Waals surface area contributed by atoms with Crippen LogP contribution in [-0.2, 0) is 0 Å². The first-order valence-corrected chi connectivity index (χ1v) is 5.52. The molecule has 1 aromatic heterocycles. The van der Waals surface area contributed by atoms with Crippen molar-refractivity contribution in [1.82, 2.24) is 4.98 Å². The summed E-state index contributed by atoms with van der Waals surface area (Å²) < 4.78 is 53.8. The van der Waals surface area contributed by atoms with Gasteiger partial charge in [0.15, 0.2) is 0 Å². The van der Waals surface area contributed by atoms with Crippen molar-refractivity contribution in [2.75, 3.05) is 0 Å². The molecule has 0 aliphatic carbocycles. The highest BCUT2D eigenvalue weighted by Gasteiger charge is 2.31. The monoisotopic (exact) mass is 301 g/mol. The lowest BCUT2D eigenvalue weighted by Crippen LogP contribution is -2.17. The Morgan fingerprint density at radius 1 is 1.19 bits per heavy atom. The summed E-state index contributed by atoms with van der Waals surface area (Å²) in [5.41, 5.74) is -0.826. The summed E-state index contributed by atoms with van der Waals surface area (Å²) in [7, 11) is 0. The molecule has 0 aliphatic rings. The number of pyridine rings is 1. The van der Waals surface area contributed by atoms with Crippen LogP contribution in [0.3, 0.4) is 0 Å². The second-order valence-electron chi connectivity index (χ2n) is 3.91. The third-order valence-corrected chi connectivity index (χ3v) is 2.41. The van der Waals surface area contributed by atoms with Crippen molar-refractivity contribution in [3.05, 3.63) is 47.9 Å². The van der Waals surface area contributed by atoms with Crippen molar-refractivity contribution < 1.29 is 32.2 Å². The standard InChI is InChI=1S/C13H7F4NO3/c14-9-4-5-10(12(19)20)18-11(9)7-2-1-3-8(6-7)21-13(15,16)17/h1-6H,(H,19,20). The van der Waals surface area contributed by atoms with Gasteiger partial charge in [0.05, 0.1) is 0 Å². The van der Waals surface area contributed by atoms with Gasteiger partial charge in [-0.05, 0) is 24.3 Å². The maximum atomic E-state index is 13.7. The highest BCUT2D eigenvalue weighted by Crippen LogP contribution is 2.28. The first-order chi connectivity index (χ1) is 9.76. The molecule has 2 aromatic rings. The predicted octanol–water partition coefficient (Wildman–Crippen LogP) is 3.48. The van der Waals surface area contributed by atoms with Gasteiger partial charge in [-0.15, -0.1) is 13.2 Å². The van der Waals surface area contributed by atoms with E-state index in [-0.39, 0.29) is 11.3 Å². The van der Waals surface area contributed by atoms with Crippen LogP contribution in [0, 0.1) is 5.82 Å². The minimum Gasteiger partial charge on any atom is -0.477 e. The van der Waals surface area contributed by atoms with Crippen molar-refractivity contribution in [3.8, 4) is 17.0 Å². The van der Waals surface area contributed by atoms with Crippen molar-refractivity contribution >= 4 is 5.97 Å². The Bertz CT molecular complexity index is 685. The molecule has 1 N–H and O–H groups in total. The number of hydrogen-bond acceptors (Lipinski definition) is 3. The van der Waals surface area contributed by atoms with Crippen LogP contribution >= 0.6 is 0 Å². The summed E-state index contributed by atoms with van der Waals surface area (Å²) in [5, 5.41) is 8.80. The van der Waals surface area contributed by atoms with Crippen LogP contribution in [0.25, 0.3) is 11.3 Å². The maximum absolute atomic E-state index is 13.7. The minimum absolute atomic E-state index is 0.0302. The van der Waals surface area contributed by atoms with Crippen LogP contribution < -0.4 is 4.74 Å². The third-order valence-electron chi connectivity index (χ3n) is 2.41. The lowest BCUT2D eigenvalue weighted by molar-refractivity contribution is -0.274. The Morgan fingerprint density at radius 3 is 2.52 bits per heavy atom. The van der Waals surface area contributed by atoms with Gasteiger partial charge in [-0.3, -0.25) is 0 Å². The van der Waals surface area contributed by atoms with Gasteiger partial charge in [-0.1, -0.05) is 12.1 Å². The normalized spacial score (nSPS) is 11.2. The van der Waals surface area contributed by atoms with Gasteiger partial charge in [0.25, 0.3) is 0 Å². The zero-order chi connectivity index (χ0) is 15.6. The van der Waals surface area contributed by atoms with Gasteiger partial charge in [0.1, 0.15) is 23.0 Å². The number of halogens is 4. The first kappa shape index (κ1) is 14.8. The number of carbonyl (C=O) groups is 1. The average molecular weight is 301 g/mol. The molecule has 0 radical (unpaired) electrons. The summed E-state index contributed by atoms with van der Waals surface area (Å²) in [6.07, 6.45) is -4.88. The molecular formula is C13H7F4NO3. The number of aromatic carboxylic acids is 1. The smallest absolute Gasteiger partial charge is 0.477 e. The molecule has 1 heterocycles. The van der Waals surface area contributed by atoms with Crippen molar-refractivity contribution in [2.45, 2.75) is 6.36 Å². The quantitative estimate of drug-likeness (QED) is 0.882. The van der Waals surface area contributed by atoms with Crippen molar-refractivity contribution in [2.24, 2.45) is 0 Å². The number of benzene rings is 1. The number of carboxylic acid groups (broad SMARTS) is 1. The average Bonchev–Trinajstić information content (AvgIpc) is 2.37. The molecule has 0 fully saturated rings. The van der Waals surface area contributed by atoms with E-state index < -0.39 is 29.6 Å². The second kappa shape index (κ2) is 5.39. The zero-order valence-corrected chi connectivity index (χ0v) is 10.2. The topological polar surface area (TPSA) is 59.4 Å². The molecule has 0 atom stereocenters. The molecule has 0 bridgehead atoms. The van der Waals surface area contributed by atoms with Gasteiger partial charge >= 0.3 is 12.3 Å². The predicted molar refractivity (Wildman–Crippen MR) is 63.3 cm³/mol. The molecule has 0 saturated carbocycles. The Morgan fingerprint density at radius 2 is 1.90 bits per heavy atom. The molecule has 0 aliphatic heterocycles. The molecule has 1 aromatic carbocycles. The Kier molecular flexibility index (Phi) is 3.79. The maximum Gasteiger partial charge on any atom is 0.573 e. The van der Waals surface area contributed by atoms with Crippen LogP contribution in [-0.4, -0.2) is 22.4 Å². The fourth-order valence-electron chi connectivity index (χ4n) is 1.60. The Hall–Kier alpha value is -2.64. The van der Waals surface area contributed by atoms with E-state index in [0.717, 1.165) is 24.3 Å².